The van der Waals surface area contributed by atoms with Gasteiger partial charge in [0.25, 0.3) is 0 Å². The minimum absolute atomic E-state index is 0.00345. The lowest BCUT2D eigenvalue weighted by Crippen LogP contribution is -2.34. The van der Waals surface area contributed by atoms with Gasteiger partial charge in [0.05, 0.1) is 0 Å². The maximum atomic E-state index is 11.9. The molecule has 0 spiro atoms. The Morgan fingerprint density at radius 1 is 1.14 bits per heavy atom. The molecule has 22 heavy (non-hydrogen) atoms. The van der Waals surface area contributed by atoms with Gasteiger partial charge in [-0.1, -0.05) is 19.9 Å². The van der Waals surface area contributed by atoms with E-state index in [0.29, 0.717) is 25.4 Å². The van der Waals surface area contributed by atoms with Gasteiger partial charge in [-0.25, -0.2) is 0 Å². The zero-order valence-corrected chi connectivity index (χ0v) is 14.4. The summed E-state index contributed by atoms with van der Waals surface area (Å²) in [6.07, 6.45) is 1.30. The van der Waals surface area contributed by atoms with E-state index >= 15 is 0 Å². The van der Waals surface area contributed by atoms with E-state index in [1.807, 2.05) is 26.0 Å². The third-order valence-electron chi connectivity index (χ3n) is 3.50. The Bertz CT molecular complexity index is 504. The van der Waals surface area contributed by atoms with Gasteiger partial charge in [-0.05, 0) is 49.4 Å². The van der Waals surface area contributed by atoms with Crippen molar-refractivity contribution in [1.29, 1.82) is 0 Å². The number of nitrogens with one attached hydrogen (secondary N) is 1. The summed E-state index contributed by atoms with van der Waals surface area (Å²) in [6.45, 7) is 10.9. The summed E-state index contributed by atoms with van der Waals surface area (Å²) in [6, 6.07) is 6.02. The SMILES string of the molecule is CC(=O)N(CCC(=O)NCCC(C)C)c1cc(C)cc(C)c1. The van der Waals surface area contributed by atoms with Crippen molar-refractivity contribution in [2.75, 3.05) is 18.0 Å². The molecule has 0 aliphatic heterocycles. The number of hydrogen-bond acceptors (Lipinski definition) is 2. The van der Waals surface area contributed by atoms with Crippen LogP contribution in [0.3, 0.4) is 0 Å². The number of benzene rings is 1. The number of carbonyl (C=O) groups is 2. The van der Waals surface area contributed by atoms with E-state index in [0.717, 1.165) is 23.2 Å². The van der Waals surface area contributed by atoms with Gasteiger partial charge in [0.2, 0.25) is 11.8 Å². The first-order chi connectivity index (χ1) is 10.3. The molecule has 0 fully saturated rings. The summed E-state index contributed by atoms with van der Waals surface area (Å²) in [5.41, 5.74) is 3.09. The van der Waals surface area contributed by atoms with Crippen molar-refractivity contribution in [2.45, 2.75) is 47.5 Å². The summed E-state index contributed by atoms with van der Waals surface area (Å²) in [5.74, 6) is 0.528. The van der Waals surface area contributed by atoms with Gasteiger partial charge in [0, 0.05) is 32.1 Å². The molecule has 1 N–H and O–H groups in total. The van der Waals surface area contributed by atoms with Crippen molar-refractivity contribution >= 4 is 17.5 Å². The van der Waals surface area contributed by atoms with E-state index in [4.69, 9.17) is 0 Å². The molecule has 122 valence electrons. The topological polar surface area (TPSA) is 49.4 Å². The fourth-order valence-corrected chi connectivity index (χ4v) is 2.38. The van der Waals surface area contributed by atoms with Crippen molar-refractivity contribution in [3.8, 4) is 0 Å². The van der Waals surface area contributed by atoms with Crippen molar-refractivity contribution < 1.29 is 9.59 Å². The van der Waals surface area contributed by atoms with Crippen LogP contribution in [0, 0.1) is 19.8 Å². The van der Waals surface area contributed by atoms with E-state index in [1.165, 1.54) is 6.92 Å². The lowest BCUT2D eigenvalue weighted by molar-refractivity contribution is -0.121. The molecule has 0 saturated carbocycles. The molecule has 0 aromatic heterocycles. The Labute approximate surface area is 133 Å². The number of anilines is 1. The van der Waals surface area contributed by atoms with E-state index in [2.05, 4.69) is 25.2 Å². The molecular weight excluding hydrogens is 276 g/mol. The largest absolute Gasteiger partial charge is 0.356 e. The Morgan fingerprint density at radius 2 is 1.73 bits per heavy atom. The number of hydrogen-bond donors (Lipinski definition) is 1. The minimum Gasteiger partial charge on any atom is -0.356 e. The van der Waals surface area contributed by atoms with Crippen LogP contribution in [0.2, 0.25) is 0 Å². The van der Waals surface area contributed by atoms with Crippen molar-refractivity contribution in [1.82, 2.24) is 5.32 Å². The molecule has 0 aliphatic carbocycles. The van der Waals surface area contributed by atoms with Crippen molar-refractivity contribution in [2.24, 2.45) is 5.92 Å². The first-order valence-corrected chi connectivity index (χ1v) is 7.92. The molecular formula is C18H28N2O2. The van der Waals surface area contributed by atoms with E-state index in [1.54, 1.807) is 4.90 Å². The number of nitrogens with zero attached hydrogens (tertiary/aromatic N) is 1. The van der Waals surface area contributed by atoms with Crippen LogP contribution in [-0.2, 0) is 9.59 Å². The highest BCUT2D eigenvalue weighted by Gasteiger charge is 2.14. The van der Waals surface area contributed by atoms with Crippen LogP contribution in [0.1, 0.15) is 44.7 Å². The first kappa shape index (κ1) is 18.2. The second-order valence-corrected chi connectivity index (χ2v) is 6.30. The number of amides is 2. The average molecular weight is 304 g/mol. The molecule has 2 amide bonds. The third-order valence-corrected chi connectivity index (χ3v) is 3.50. The molecule has 0 unspecified atom stereocenters. The smallest absolute Gasteiger partial charge is 0.223 e. The number of carbonyl (C=O) groups excluding carboxylic acids is 2. The Balaban J connectivity index is 2.62. The summed E-state index contributed by atoms with van der Waals surface area (Å²) in [5, 5.41) is 2.91. The zero-order valence-electron chi connectivity index (χ0n) is 14.4. The fraction of sp³-hybridized carbons (Fsp3) is 0.556. The standard InChI is InChI=1S/C18H28N2O2/c1-13(2)6-8-19-18(22)7-9-20(16(5)21)17-11-14(3)10-15(4)12-17/h10-13H,6-9H2,1-5H3,(H,19,22). The molecule has 0 heterocycles. The maximum Gasteiger partial charge on any atom is 0.223 e. The summed E-state index contributed by atoms with van der Waals surface area (Å²) in [7, 11) is 0. The normalized spacial score (nSPS) is 10.6. The molecule has 4 nitrogen and oxygen atoms in total. The molecule has 0 atom stereocenters. The van der Waals surface area contributed by atoms with Gasteiger partial charge in [-0.15, -0.1) is 0 Å². The average Bonchev–Trinajstić information content (AvgIpc) is 2.36. The van der Waals surface area contributed by atoms with E-state index in [9.17, 15) is 9.59 Å². The summed E-state index contributed by atoms with van der Waals surface area (Å²) in [4.78, 5) is 25.4. The van der Waals surface area contributed by atoms with Crippen LogP contribution < -0.4 is 10.2 Å². The van der Waals surface area contributed by atoms with E-state index in [-0.39, 0.29) is 11.8 Å². The van der Waals surface area contributed by atoms with Crippen LogP contribution in [0.15, 0.2) is 18.2 Å². The lowest BCUT2D eigenvalue weighted by atomic mass is 10.1. The molecule has 1 aromatic carbocycles. The predicted octanol–water partition coefficient (Wildman–Crippen LogP) is 3.21. The molecule has 4 heteroatoms. The van der Waals surface area contributed by atoms with Crippen molar-refractivity contribution in [3.05, 3.63) is 29.3 Å². The monoisotopic (exact) mass is 304 g/mol. The quantitative estimate of drug-likeness (QED) is 0.841. The Kier molecular flexibility index (Phi) is 7.09. The lowest BCUT2D eigenvalue weighted by Gasteiger charge is -2.22. The molecule has 1 rings (SSSR count). The van der Waals surface area contributed by atoms with E-state index < -0.39 is 0 Å². The molecule has 0 bridgehead atoms. The van der Waals surface area contributed by atoms with Crippen LogP contribution in [0.25, 0.3) is 0 Å². The summed E-state index contributed by atoms with van der Waals surface area (Å²) < 4.78 is 0. The van der Waals surface area contributed by atoms with Gasteiger partial charge >= 0.3 is 0 Å². The van der Waals surface area contributed by atoms with Gasteiger partial charge in [-0.2, -0.15) is 0 Å². The Morgan fingerprint density at radius 3 is 2.23 bits per heavy atom. The highest BCUT2D eigenvalue weighted by Crippen LogP contribution is 2.19. The zero-order chi connectivity index (χ0) is 16.7. The van der Waals surface area contributed by atoms with Crippen LogP contribution in [0.5, 0.6) is 0 Å². The second kappa shape index (κ2) is 8.57. The van der Waals surface area contributed by atoms with Gasteiger partial charge in [0.15, 0.2) is 0 Å². The Hall–Kier alpha value is -1.84. The van der Waals surface area contributed by atoms with Gasteiger partial charge in [-0.3, -0.25) is 9.59 Å². The van der Waals surface area contributed by atoms with Crippen LogP contribution >= 0.6 is 0 Å². The van der Waals surface area contributed by atoms with Gasteiger partial charge < -0.3 is 10.2 Å². The highest BCUT2D eigenvalue weighted by atomic mass is 16.2. The fourth-order valence-electron chi connectivity index (χ4n) is 2.38. The molecule has 1 aromatic rings. The molecule has 0 aliphatic rings. The van der Waals surface area contributed by atoms with Gasteiger partial charge in [0.1, 0.15) is 0 Å². The predicted molar refractivity (Wildman–Crippen MR) is 91.0 cm³/mol. The van der Waals surface area contributed by atoms with Crippen molar-refractivity contribution in [3.63, 3.8) is 0 Å². The summed E-state index contributed by atoms with van der Waals surface area (Å²) >= 11 is 0. The van der Waals surface area contributed by atoms with Crippen LogP contribution in [-0.4, -0.2) is 24.9 Å². The highest BCUT2D eigenvalue weighted by molar-refractivity contribution is 5.92. The van der Waals surface area contributed by atoms with Crippen LogP contribution in [0.4, 0.5) is 5.69 Å². The molecule has 0 saturated heterocycles. The third kappa shape index (κ3) is 6.29. The maximum absolute atomic E-state index is 11.9. The second-order valence-electron chi connectivity index (χ2n) is 6.30. The number of aryl methyl sites for hydroxylation is 2. The molecule has 0 radical (unpaired) electrons. The number of rotatable bonds is 7. The first-order valence-electron chi connectivity index (χ1n) is 7.92. The minimum atomic E-state index is -0.0417.